The maximum atomic E-state index is 10.7. The fourth-order valence-corrected chi connectivity index (χ4v) is 2.40. The van der Waals surface area contributed by atoms with E-state index in [4.69, 9.17) is 0 Å². The summed E-state index contributed by atoms with van der Waals surface area (Å²) in [7, 11) is 0. The second kappa shape index (κ2) is 5.72. The zero-order valence-electron chi connectivity index (χ0n) is 11.9. The van der Waals surface area contributed by atoms with Gasteiger partial charge in [0.1, 0.15) is 0 Å². The van der Waals surface area contributed by atoms with Crippen LogP contribution in [0.25, 0.3) is 21.8 Å². The smallest absolute Gasteiger partial charge is 0.216 e. The molecule has 0 unspecified atom stereocenters. The van der Waals surface area contributed by atoms with E-state index in [2.05, 4.69) is 46.4 Å². The first-order valence-corrected chi connectivity index (χ1v) is 6.98. The van der Waals surface area contributed by atoms with Crippen LogP contribution in [0.2, 0.25) is 0 Å². The largest absolute Gasteiger partial charge is 0.355 e. The zero-order chi connectivity index (χ0) is 14.7. The molecule has 0 spiro atoms. The normalized spacial score (nSPS) is 10.3. The number of benzene rings is 2. The monoisotopic (exact) mass is 276 g/mol. The highest BCUT2D eigenvalue weighted by atomic mass is 16.1. The molecule has 0 fully saturated rings. The van der Waals surface area contributed by atoms with E-state index in [1.807, 2.05) is 18.2 Å². The van der Waals surface area contributed by atoms with Gasteiger partial charge in [0.05, 0.1) is 0 Å². The van der Waals surface area contributed by atoms with Gasteiger partial charge in [0.25, 0.3) is 0 Å². The van der Waals surface area contributed by atoms with Crippen molar-refractivity contribution in [3.63, 3.8) is 0 Å². The molecule has 0 atom stereocenters. The van der Waals surface area contributed by atoms with Gasteiger partial charge in [0, 0.05) is 47.3 Å². The summed E-state index contributed by atoms with van der Waals surface area (Å²) in [4.78, 5) is 14.2. The average molecular weight is 276 g/mol. The highest BCUT2D eigenvalue weighted by molar-refractivity contribution is 6.07. The molecule has 3 nitrogen and oxygen atoms in total. The van der Waals surface area contributed by atoms with Crippen LogP contribution in [0.3, 0.4) is 0 Å². The molecule has 21 heavy (non-hydrogen) atoms. The van der Waals surface area contributed by atoms with E-state index in [0.29, 0.717) is 13.0 Å². The number of carbonyl (C=O) groups is 1. The van der Waals surface area contributed by atoms with Crippen LogP contribution >= 0.6 is 0 Å². The Morgan fingerprint density at radius 1 is 1.14 bits per heavy atom. The Hall–Kier alpha value is -2.73. The standard InChI is InChI=1S/C18H16N2O/c1-13(21)19-11-5-4-6-14-9-10-16-15-7-2-3-8-17(15)20-18(16)12-14/h2-3,7-10,12,20H,5,11H2,1H3,(H,19,21). The first-order chi connectivity index (χ1) is 10.2. The Morgan fingerprint density at radius 2 is 1.95 bits per heavy atom. The maximum Gasteiger partial charge on any atom is 0.216 e. The van der Waals surface area contributed by atoms with Gasteiger partial charge < -0.3 is 10.3 Å². The molecule has 0 saturated heterocycles. The van der Waals surface area contributed by atoms with Crippen molar-refractivity contribution in [3.8, 4) is 11.8 Å². The van der Waals surface area contributed by atoms with Gasteiger partial charge in [-0.3, -0.25) is 4.79 Å². The minimum Gasteiger partial charge on any atom is -0.355 e. The summed E-state index contributed by atoms with van der Waals surface area (Å²) in [6.45, 7) is 2.11. The molecule has 0 radical (unpaired) electrons. The predicted octanol–water partition coefficient (Wildman–Crippen LogP) is 3.20. The maximum absolute atomic E-state index is 10.7. The van der Waals surface area contributed by atoms with E-state index in [9.17, 15) is 4.79 Å². The Labute approximate surface area is 123 Å². The van der Waals surface area contributed by atoms with Gasteiger partial charge in [-0.1, -0.05) is 36.1 Å². The number of aromatic amines is 1. The lowest BCUT2D eigenvalue weighted by molar-refractivity contribution is -0.118. The summed E-state index contributed by atoms with van der Waals surface area (Å²) in [5.41, 5.74) is 3.23. The van der Waals surface area contributed by atoms with E-state index in [0.717, 1.165) is 16.6 Å². The molecule has 0 aliphatic carbocycles. The highest BCUT2D eigenvalue weighted by Crippen LogP contribution is 2.25. The Bertz CT molecular complexity index is 865. The van der Waals surface area contributed by atoms with Crippen molar-refractivity contribution in [1.29, 1.82) is 0 Å². The summed E-state index contributed by atoms with van der Waals surface area (Å²) in [5.74, 6) is 6.19. The van der Waals surface area contributed by atoms with Crippen LogP contribution in [0, 0.1) is 11.8 Å². The van der Waals surface area contributed by atoms with Crippen molar-refractivity contribution in [2.24, 2.45) is 0 Å². The SMILES string of the molecule is CC(=O)NCCC#Cc1ccc2c(c1)[nH]c1ccccc12. The van der Waals surface area contributed by atoms with E-state index in [1.54, 1.807) is 0 Å². The third-order valence-corrected chi connectivity index (χ3v) is 3.36. The Balaban J connectivity index is 1.83. The number of nitrogens with one attached hydrogen (secondary N) is 2. The summed E-state index contributed by atoms with van der Waals surface area (Å²) in [6.07, 6.45) is 0.657. The number of hydrogen-bond donors (Lipinski definition) is 2. The van der Waals surface area contributed by atoms with Crippen LogP contribution in [0.15, 0.2) is 42.5 Å². The van der Waals surface area contributed by atoms with E-state index in [1.165, 1.54) is 17.7 Å². The summed E-state index contributed by atoms with van der Waals surface area (Å²) in [6, 6.07) is 14.5. The minimum atomic E-state index is -0.0173. The zero-order valence-corrected chi connectivity index (χ0v) is 11.9. The number of fused-ring (bicyclic) bond motifs is 3. The van der Waals surface area contributed by atoms with Crippen LogP contribution in [-0.2, 0) is 4.79 Å². The van der Waals surface area contributed by atoms with Crippen molar-refractivity contribution < 1.29 is 4.79 Å². The van der Waals surface area contributed by atoms with E-state index in [-0.39, 0.29) is 5.91 Å². The fraction of sp³-hybridized carbons (Fsp3) is 0.167. The molecular formula is C18H16N2O. The highest BCUT2D eigenvalue weighted by Gasteiger charge is 2.02. The van der Waals surface area contributed by atoms with Crippen molar-refractivity contribution in [2.45, 2.75) is 13.3 Å². The van der Waals surface area contributed by atoms with Crippen LogP contribution in [0.5, 0.6) is 0 Å². The molecule has 2 aromatic carbocycles. The number of para-hydroxylation sites is 1. The lowest BCUT2D eigenvalue weighted by Crippen LogP contribution is -2.20. The third-order valence-electron chi connectivity index (χ3n) is 3.36. The summed E-state index contributed by atoms with van der Waals surface area (Å²) >= 11 is 0. The molecule has 0 bridgehead atoms. The summed E-state index contributed by atoms with van der Waals surface area (Å²) in [5, 5.41) is 5.18. The molecular weight excluding hydrogens is 260 g/mol. The molecule has 1 heterocycles. The molecule has 1 aromatic heterocycles. The fourth-order valence-electron chi connectivity index (χ4n) is 2.40. The molecule has 0 aliphatic rings. The molecule has 1 amide bonds. The molecule has 0 saturated carbocycles. The van der Waals surface area contributed by atoms with Gasteiger partial charge >= 0.3 is 0 Å². The van der Waals surface area contributed by atoms with Gasteiger partial charge in [-0.2, -0.15) is 0 Å². The van der Waals surface area contributed by atoms with Crippen LogP contribution < -0.4 is 5.32 Å². The lowest BCUT2D eigenvalue weighted by Gasteiger charge is -1.95. The third kappa shape index (κ3) is 2.90. The van der Waals surface area contributed by atoms with Gasteiger partial charge in [0.2, 0.25) is 5.91 Å². The van der Waals surface area contributed by atoms with Gasteiger partial charge in [-0.25, -0.2) is 0 Å². The number of rotatable bonds is 2. The summed E-state index contributed by atoms with van der Waals surface area (Å²) < 4.78 is 0. The van der Waals surface area contributed by atoms with Crippen LogP contribution in [0.4, 0.5) is 0 Å². The van der Waals surface area contributed by atoms with Crippen molar-refractivity contribution >= 4 is 27.7 Å². The van der Waals surface area contributed by atoms with E-state index >= 15 is 0 Å². The van der Waals surface area contributed by atoms with E-state index < -0.39 is 0 Å². The molecule has 3 rings (SSSR count). The molecule has 0 aliphatic heterocycles. The second-order valence-corrected chi connectivity index (χ2v) is 4.97. The molecule has 2 N–H and O–H groups in total. The quantitative estimate of drug-likeness (QED) is 0.548. The lowest BCUT2D eigenvalue weighted by atomic mass is 10.1. The molecule has 3 aromatic rings. The van der Waals surface area contributed by atoms with Gasteiger partial charge in [0.15, 0.2) is 0 Å². The number of aromatic nitrogens is 1. The average Bonchev–Trinajstić information content (AvgIpc) is 2.84. The number of H-pyrrole nitrogens is 1. The number of carbonyl (C=O) groups excluding carboxylic acids is 1. The first kappa shape index (κ1) is 13.3. The topological polar surface area (TPSA) is 44.9 Å². The number of amides is 1. The molecule has 104 valence electrons. The first-order valence-electron chi connectivity index (χ1n) is 6.98. The Morgan fingerprint density at radius 3 is 2.81 bits per heavy atom. The molecule has 3 heteroatoms. The van der Waals surface area contributed by atoms with Crippen LogP contribution in [0.1, 0.15) is 18.9 Å². The minimum absolute atomic E-state index is 0.0173. The number of hydrogen-bond acceptors (Lipinski definition) is 1. The van der Waals surface area contributed by atoms with Crippen molar-refractivity contribution in [1.82, 2.24) is 10.3 Å². The van der Waals surface area contributed by atoms with Crippen molar-refractivity contribution in [3.05, 3.63) is 48.0 Å². The van der Waals surface area contributed by atoms with Crippen LogP contribution in [-0.4, -0.2) is 17.4 Å². The second-order valence-electron chi connectivity index (χ2n) is 4.97. The van der Waals surface area contributed by atoms with Gasteiger partial charge in [-0.15, -0.1) is 0 Å². The van der Waals surface area contributed by atoms with Crippen molar-refractivity contribution in [2.75, 3.05) is 6.54 Å². The predicted molar refractivity (Wildman–Crippen MR) is 86.0 cm³/mol. The van der Waals surface area contributed by atoms with Gasteiger partial charge in [-0.05, 0) is 18.2 Å². The Kier molecular flexibility index (Phi) is 3.61.